The van der Waals surface area contributed by atoms with E-state index in [-0.39, 0.29) is 24.6 Å². The Kier molecular flexibility index (Phi) is 7.95. The molecule has 0 aromatic carbocycles. The molecule has 0 spiro atoms. The fourth-order valence-corrected chi connectivity index (χ4v) is 3.98. The Morgan fingerprint density at radius 3 is 2.08 bits per heavy atom. The molecule has 0 unspecified atom stereocenters. The molecule has 1 heterocycles. The van der Waals surface area contributed by atoms with Gasteiger partial charge in [0.15, 0.2) is 0 Å². The monoisotopic (exact) mass is 363 g/mol. The van der Waals surface area contributed by atoms with Crippen molar-refractivity contribution in [2.24, 2.45) is 0 Å². The van der Waals surface area contributed by atoms with E-state index in [1.54, 1.807) is 16.7 Å². The van der Waals surface area contributed by atoms with Gasteiger partial charge in [0.2, 0.25) is 15.9 Å². The molecule has 0 aliphatic carbocycles. The number of likely N-dealkylation sites (tertiary alicyclic amines) is 1. The minimum atomic E-state index is -3.51. The summed E-state index contributed by atoms with van der Waals surface area (Å²) < 4.78 is 30.5. The van der Waals surface area contributed by atoms with Crippen molar-refractivity contribution in [2.45, 2.75) is 39.7 Å². The molecule has 0 radical (unpaired) electrons. The Balaban J connectivity index is 2.75. The van der Waals surface area contributed by atoms with Crippen LogP contribution in [0.2, 0.25) is 0 Å². The second kappa shape index (κ2) is 9.22. The molecule has 1 aliphatic heterocycles. The lowest BCUT2D eigenvalue weighted by atomic mass is 10.1. The number of carbonyl (C=O) groups is 2. The van der Waals surface area contributed by atoms with E-state index in [0.29, 0.717) is 45.6 Å². The van der Waals surface area contributed by atoms with E-state index in [2.05, 4.69) is 0 Å². The fourth-order valence-electron chi connectivity index (χ4n) is 2.88. The van der Waals surface area contributed by atoms with Crippen molar-refractivity contribution in [1.29, 1.82) is 0 Å². The molecule has 0 atom stereocenters. The van der Waals surface area contributed by atoms with Crippen molar-refractivity contribution in [1.82, 2.24) is 14.1 Å². The first-order chi connectivity index (χ1) is 11.2. The second-order valence-corrected chi connectivity index (χ2v) is 7.73. The van der Waals surface area contributed by atoms with E-state index in [0.717, 1.165) is 6.26 Å². The molecule has 1 fully saturated rings. The van der Waals surface area contributed by atoms with Crippen LogP contribution in [0.25, 0.3) is 0 Å². The molecule has 0 N–H and O–H groups in total. The molecule has 1 aliphatic rings. The molecule has 1 rings (SSSR count). The van der Waals surface area contributed by atoms with Crippen LogP contribution in [0.5, 0.6) is 0 Å². The normalized spacial score (nSPS) is 16.3. The quantitative estimate of drug-likeness (QED) is 0.666. The number of sulfonamides is 1. The topological polar surface area (TPSA) is 87.2 Å². The van der Waals surface area contributed by atoms with Gasteiger partial charge in [-0.1, -0.05) is 0 Å². The first-order valence-corrected chi connectivity index (χ1v) is 10.3. The van der Waals surface area contributed by atoms with Gasteiger partial charge < -0.3 is 14.5 Å². The Morgan fingerprint density at radius 1 is 1.12 bits per heavy atom. The first-order valence-electron chi connectivity index (χ1n) is 8.40. The fraction of sp³-hybridized carbons (Fsp3) is 0.867. The van der Waals surface area contributed by atoms with Crippen LogP contribution >= 0.6 is 0 Å². The maximum absolute atomic E-state index is 12.3. The number of hydrogen-bond acceptors (Lipinski definition) is 5. The molecule has 0 saturated carbocycles. The maximum Gasteiger partial charge on any atom is 0.409 e. The summed E-state index contributed by atoms with van der Waals surface area (Å²) in [5.74, 6) is -0.196. The molecule has 8 nitrogen and oxygen atoms in total. The summed E-state index contributed by atoms with van der Waals surface area (Å²) in [5.41, 5.74) is 0. The zero-order chi connectivity index (χ0) is 18.3. The molecule has 1 saturated heterocycles. The second-order valence-electron chi connectivity index (χ2n) is 5.79. The third-order valence-electron chi connectivity index (χ3n) is 4.23. The largest absolute Gasteiger partial charge is 0.450 e. The molecule has 24 heavy (non-hydrogen) atoms. The SMILES string of the molecule is CCOC(=O)N1CCC(N(CC(=O)N(CC)CC)S(C)(=O)=O)CC1. The van der Waals surface area contributed by atoms with Gasteiger partial charge in [-0.15, -0.1) is 0 Å². The van der Waals surface area contributed by atoms with E-state index >= 15 is 0 Å². The summed E-state index contributed by atoms with van der Waals surface area (Å²) >= 11 is 0. The maximum atomic E-state index is 12.3. The minimum Gasteiger partial charge on any atom is -0.450 e. The Hall–Kier alpha value is -1.35. The Labute approximate surface area is 144 Å². The van der Waals surface area contributed by atoms with Gasteiger partial charge in [-0.3, -0.25) is 4.79 Å². The van der Waals surface area contributed by atoms with Gasteiger partial charge in [0.1, 0.15) is 0 Å². The number of piperidine rings is 1. The van der Waals surface area contributed by atoms with Gasteiger partial charge in [0.05, 0.1) is 19.4 Å². The van der Waals surface area contributed by atoms with E-state index in [1.165, 1.54) is 4.31 Å². The molecule has 0 aromatic rings. The van der Waals surface area contributed by atoms with Gasteiger partial charge in [0.25, 0.3) is 0 Å². The van der Waals surface area contributed by atoms with E-state index < -0.39 is 10.0 Å². The summed E-state index contributed by atoms with van der Waals surface area (Å²) in [6.45, 7) is 7.59. The lowest BCUT2D eigenvalue weighted by Gasteiger charge is -2.37. The number of carbonyl (C=O) groups excluding carboxylic acids is 2. The zero-order valence-electron chi connectivity index (χ0n) is 15.0. The number of rotatable bonds is 7. The van der Waals surface area contributed by atoms with E-state index in [4.69, 9.17) is 4.74 Å². The molecule has 140 valence electrons. The van der Waals surface area contributed by atoms with Crippen LogP contribution in [0.4, 0.5) is 4.79 Å². The van der Waals surface area contributed by atoms with E-state index in [1.807, 2.05) is 13.8 Å². The Morgan fingerprint density at radius 2 is 1.67 bits per heavy atom. The van der Waals surface area contributed by atoms with Crippen molar-refractivity contribution in [3.8, 4) is 0 Å². The van der Waals surface area contributed by atoms with Crippen LogP contribution in [0.3, 0.4) is 0 Å². The standard InChI is InChI=1S/C15H29N3O5S/c1-5-16(6-2)14(19)12-18(24(4,21)22)13-8-10-17(11-9-13)15(20)23-7-3/h13H,5-12H2,1-4H3. The third kappa shape index (κ3) is 5.62. The van der Waals surface area contributed by atoms with Crippen LogP contribution in [0.1, 0.15) is 33.6 Å². The molecule has 9 heteroatoms. The average Bonchev–Trinajstić information content (AvgIpc) is 2.53. The summed E-state index contributed by atoms with van der Waals surface area (Å²) in [5, 5.41) is 0. The minimum absolute atomic E-state index is 0.148. The van der Waals surface area contributed by atoms with Gasteiger partial charge in [-0.25, -0.2) is 13.2 Å². The summed E-state index contributed by atoms with van der Waals surface area (Å²) in [4.78, 5) is 27.2. The number of nitrogens with zero attached hydrogens (tertiary/aromatic N) is 3. The molecule has 0 bridgehead atoms. The van der Waals surface area contributed by atoms with Crippen molar-refractivity contribution in [2.75, 3.05) is 45.6 Å². The van der Waals surface area contributed by atoms with Gasteiger partial charge in [-0.05, 0) is 33.6 Å². The number of hydrogen-bond donors (Lipinski definition) is 0. The van der Waals surface area contributed by atoms with Crippen molar-refractivity contribution in [3.05, 3.63) is 0 Å². The van der Waals surface area contributed by atoms with Crippen LogP contribution in [0, 0.1) is 0 Å². The highest BCUT2D eigenvalue weighted by Gasteiger charge is 2.33. The smallest absolute Gasteiger partial charge is 0.409 e. The highest BCUT2D eigenvalue weighted by molar-refractivity contribution is 7.88. The van der Waals surface area contributed by atoms with Crippen LogP contribution in [-0.4, -0.2) is 86.2 Å². The summed E-state index contributed by atoms with van der Waals surface area (Å²) in [6, 6.07) is -0.273. The summed E-state index contributed by atoms with van der Waals surface area (Å²) in [6.07, 6.45) is 1.75. The number of likely N-dealkylation sites (N-methyl/N-ethyl adjacent to an activating group) is 1. The average molecular weight is 363 g/mol. The molecular formula is C15H29N3O5S. The molecular weight excluding hydrogens is 334 g/mol. The lowest BCUT2D eigenvalue weighted by Crippen LogP contribution is -2.51. The van der Waals surface area contributed by atoms with Crippen LogP contribution in [-0.2, 0) is 19.6 Å². The van der Waals surface area contributed by atoms with Gasteiger partial charge >= 0.3 is 6.09 Å². The predicted octanol–water partition coefficient (Wildman–Crippen LogP) is 0.737. The molecule has 2 amide bonds. The van der Waals surface area contributed by atoms with Crippen LogP contribution < -0.4 is 0 Å². The van der Waals surface area contributed by atoms with Crippen molar-refractivity contribution >= 4 is 22.0 Å². The predicted molar refractivity (Wildman–Crippen MR) is 91.1 cm³/mol. The third-order valence-corrected chi connectivity index (χ3v) is 5.51. The highest BCUT2D eigenvalue weighted by atomic mass is 32.2. The van der Waals surface area contributed by atoms with Crippen molar-refractivity contribution < 1.29 is 22.7 Å². The lowest BCUT2D eigenvalue weighted by molar-refractivity contribution is -0.131. The number of amides is 2. The van der Waals surface area contributed by atoms with Crippen LogP contribution in [0.15, 0.2) is 0 Å². The molecule has 0 aromatic heterocycles. The number of ether oxygens (including phenoxy) is 1. The van der Waals surface area contributed by atoms with E-state index in [9.17, 15) is 18.0 Å². The first kappa shape index (κ1) is 20.7. The highest BCUT2D eigenvalue weighted by Crippen LogP contribution is 2.20. The zero-order valence-corrected chi connectivity index (χ0v) is 15.8. The van der Waals surface area contributed by atoms with Gasteiger partial charge in [0, 0.05) is 32.2 Å². The van der Waals surface area contributed by atoms with Gasteiger partial charge in [-0.2, -0.15) is 4.31 Å². The Bertz CT molecular complexity index is 525. The van der Waals surface area contributed by atoms with Crippen molar-refractivity contribution in [3.63, 3.8) is 0 Å². The summed E-state index contributed by atoms with van der Waals surface area (Å²) in [7, 11) is -3.51.